The minimum Gasteiger partial charge on any atom is -0.404 e. The van der Waals surface area contributed by atoms with Gasteiger partial charge >= 0.3 is 6.36 Å². The van der Waals surface area contributed by atoms with Crippen molar-refractivity contribution in [2.24, 2.45) is 0 Å². The lowest BCUT2D eigenvalue weighted by atomic mass is 9.99. The number of ether oxygens (including phenoxy) is 1. The highest BCUT2D eigenvalue weighted by atomic mass is 35.5. The summed E-state index contributed by atoms with van der Waals surface area (Å²) in [6.07, 6.45) is -3.43. The Hall–Kier alpha value is -1.02. The molecule has 23 heavy (non-hydrogen) atoms. The van der Waals surface area contributed by atoms with Crippen LogP contribution in [0.3, 0.4) is 0 Å². The van der Waals surface area contributed by atoms with Crippen LogP contribution in [0.5, 0.6) is 5.75 Å². The van der Waals surface area contributed by atoms with Crippen LogP contribution in [-0.4, -0.2) is 49.2 Å². The molecule has 0 bridgehead atoms. The van der Waals surface area contributed by atoms with Crippen molar-refractivity contribution in [3.8, 4) is 5.75 Å². The van der Waals surface area contributed by atoms with E-state index in [1.54, 1.807) is 6.07 Å². The van der Waals surface area contributed by atoms with Crippen LogP contribution in [0.15, 0.2) is 18.2 Å². The van der Waals surface area contributed by atoms with Crippen molar-refractivity contribution < 1.29 is 23.0 Å². The van der Waals surface area contributed by atoms with Gasteiger partial charge in [0.25, 0.3) is 0 Å². The van der Waals surface area contributed by atoms with E-state index in [0.29, 0.717) is 12.8 Å². The molecule has 1 aromatic rings. The van der Waals surface area contributed by atoms with Crippen LogP contribution in [0.25, 0.3) is 0 Å². The number of nitrogens with one attached hydrogen (secondary N) is 1. The van der Waals surface area contributed by atoms with E-state index in [9.17, 15) is 13.2 Å². The van der Waals surface area contributed by atoms with Gasteiger partial charge in [-0.25, -0.2) is 0 Å². The Kier molecular flexibility index (Phi) is 6.52. The van der Waals surface area contributed by atoms with Gasteiger partial charge in [0.15, 0.2) is 0 Å². The zero-order valence-electron chi connectivity index (χ0n) is 12.6. The lowest BCUT2D eigenvalue weighted by molar-refractivity contribution is -0.274. The number of aliphatic hydroxyl groups is 1. The summed E-state index contributed by atoms with van der Waals surface area (Å²) >= 11 is 5.95. The van der Waals surface area contributed by atoms with Gasteiger partial charge in [0.05, 0.1) is 5.02 Å². The standard InChI is InChI=1S/C15H20ClF3N2O2/c16-12-10-11(3-4-14(12)23-15(17,18)19)13(2-1-9-22)21-7-5-20-6-8-21/h3-4,10,13,20,22H,1-2,5-9H2/t13-/m1/s1. The number of piperazine rings is 1. The van der Waals surface area contributed by atoms with Crippen molar-refractivity contribution in [3.05, 3.63) is 28.8 Å². The summed E-state index contributed by atoms with van der Waals surface area (Å²) in [5.74, 6) is -0.399. The molecule has 2 rings (SSSR count). The molecule has 1 atom stereocenters. The quantitative estimate of drug-likeness (QED) is 0.826. The molecule has 0 radical (unpaired) electrons. The number of hydrogen-bond acceptors (Lipinski definition) is 4. The fraction of sp³-hybridized carbons (Fsp3) is 0.600. The third-order valence-corrected chi connectivity index (χ3v) is 4.09. The molecule has 130 valence electrons. The van der Waals surface area contributed by atoms with Crippen molar-refractivity contribution >= 4 is 11.6 Å². The van der Waals surface area contributed by atoms with Crippen LogP contribution in [0.1, 0.15) is 24.4 Å². The normalized spacial score (nSPS) is 18.0. The lowest BCUT2D eigenvalue weighted by Crippen LogP contribution is -2.45. The monoisotopic (exact) mass is 352 g/mol. The van der Waals surface area contributed by atoms with E-state index < -0.39 is 12.1 Å². The molecule has 4 nitrogen and oxygen atoms in total. The molecular weight excluding hydrogens is 333 g/mol. The molecule has 1 heterocycles. The number of aliphatic hydroxyl groups excluding tert-OH is 1. The van der Waals surface area contributed by atoms with Gasteiger partial charge in [-0.3, -0.25) is 4.90 Å². The smallest absolute Gasteiger partial charge is 0.404 e. The van der Waals surface area contributed by atoms with E-state index in [2.05, 4.69) is 15.0 Å². The molecule has 1 aliphatic heterocycles. The van der Waals surface area contributed by atoms with Crippen LogP contribution in [0.4, 0.5) is 13.2 Å². The van der Waals surface area contributed by atoms with Crippen LogP contribution in [-0.2, 0) is 0 Å². The van der Waals surface area contributed by atoms with Crippen molar-refractivity contribution in [2.75, 3.05) is 32.8 Å². The molecule has 1 saturated heterocycles. The Morgan fingerprint density at radius 3 is 2.57 bits per heavy atom. The molecule has 2 N–H and O–H groups in total. The second-order valence-electron chi connectivity index (χ2n) is 5.41. The maximum atomic E-state index is 12.3. The van der Waals surface area contributed by atoms with Gasteiger partial charge in [-0.1, -0.05) is 17.7 Å². The number of benzene rings is 1. The summed E-state index contributed by atoms with van der Waals surface area (Å²) < 4.78 is 40.8. The zero-order valence-corrected chi connectivity index (χ0v) is 13.3. The summed E-state index contributed by atoms with van der Waals surface area (Å²) in [4.78, 5) is 2.25. The summed E-state index contributed by atoms with van der Waals surface area (Å²) in [6.45, 7) is 3.48. The average molecular weight is 353 g/mol. The van der Waals surface area contributed by atoms with Gasteiger partial charge in [0.2, 0.25) is 0 Å². The van der Waals surface area contributed by atoms with Gasteiger partial charge in [-0.15, -0.1) is 13.2 Å². The number of rotatable bonds is 6. The number of halogens is 4. The fourth-order valence-corrected chi connectivity index (χ4v) is 3.00. The predicted octanol–water partition coefficient (Wildman–Crippen LogP) is 2.96. The van der Waals surface area contributed by atoms with Crippen molar-refractivity contribution in [1.29, 1.82) is 0 Å². The first-order valence-electron chi connectivity index (χ1n) is 7.51. The lowest BCUT2D eigenvalue weighted by Gasteiger charge is -2.35. The van der Waals surface area contributed by atoms with Crippen molar-refractivity contribution in [2.45, 2.75) is 25.2 Å². The van der Waals surface area contributed by atoms with Crippen LogP contribution < -0.4 is 10.1 Å². The van der Waals surface area contributed by atoms with Gasteiger partial charge in [-0.05, 0) is 30.5 Å². The van der Waals surface area contributed by atoms with Gasteiger partial charge < -0.3 is 15.2 Å². The van der Waals surface area contributed by atoms with E-state index in [0.717, 1.165) is 31.7 Å². The Morgan fingerprint density at radius 1 is 1.30 bits per heavy atom. The molecule has 0 aromatic heterocycles. The second kappa shape index (κ2) is 8.19. The van der Waals surface area contributed by atoms with Gasteiger partial charge in [0.1, 0.15) is 5.75 Å². The van der Waals surface area contributed by atoms with E-state index in [1.165, 1.54) is 12.1 Å². The average Bonchev–Trinajstić information content (AvgIpc) is 2.50. The van der Waals surface area contributed by atoms with Crippen molar-refractivity contribution in [3.63, 3.8) is 0 Å². The number of nitrogens with zero attached hydrogens (tertiary/aromatic N) is 1. The highest BCUT2D eigenvalue weighted by molar-refractivity contribution is 6.32. The predicted molar refractivity (Wildman–Crippen MR) is 81.6 cm³/mol. The third-order valence-electron chi connectivity index (χ3n) is 3.79. The number of hydrogen-bond donors (Lipinski definition) is 2. The minimum atomic E-state index is -4.76. The maximum Gasteiger partial charge on any atom is 0.573 e. The molecular formula is C15H20ClF3N2O2. The molecule has 1 aromatic carbocycles. The van der Waals surface area contributed by atoms with Crippen molar-refractivity contribution in [1.82, 2.24) is 10.2 Å². The summed E-state index contributed by atoms with van der Waals surface area (Å²) in [5.41, 5.74) is 0.833. The molecule has 0 unspecified atom stereocenters. The summed E-state index contributed by atoms with van der Waals surface area (Å²) in [6, 6.07) is 4.39. The van der Waals surface area contributed by atoms with Crippen LogP contribution >= 0.6 is 11.6 Å². The van der Waals surface area contributed by atoms with E-state index in [-0.39, 0.29) is 17.7 Å². The molecule has 8 heteroatoms. The SMILES string of the molecule is OCCC[C@H](c1ccc(OC(F)(F)F)c(Cl)c1)N1CCNCC1. The number of alkyl halides is 3. The molecule has 0 spiro atoms. The largest absolute Gasteiger partial charge is 0.573 e. The Labute approximate surface area is 138 Å². The maximum absolute atomic E-state index is 12.3. The minimum absolute atomic E-state index is 0.0155. The Morgan fingerprint density at radius 2 is 2.00 bits per heavy atom. The molecule has 1 aliphatic rings. The molecule has 0 aliphatic carbocycles. The molecule has 0 saturated carbocycles. The van der Waals surface area contributed by atoms with Crippen LogP contribution in [0.2, 0.25) is 5.02 Å². The highest BCUT2D eigenvalue weighted by Gasteiger charge is 2.32. The van der Waals surface area contributed by atoms with Gasteiger partial charge in [0, 0.05) is 38.8 Å². The first-order valence-corrected chi connectivity index (χ1v) is 7.89. The third kappa shape index (κ3) is 5.53. The Balaban J connectivity index is 2.18. The van der Waals surface area contributed by atoms with E-state index in [1.807, 2.05) is 0 Å². The second-order valence-corrected chi connectivity index (χ2v) is 5.81. The van der Waals surface area contributed by atoms with Crippen LogP contribution in [0, 0.1) is 0 Å². The summed E-state index contributed by atoms with van der Waals surface area (Å²) in [5, 5.41) is 12.3. The van der Waals surface area contributed by atoms with E-state index >= 15 is 0 Å². The zero-order chi connectivity index (χ0) is 16.9. The highest BCUT2D eigenvalue weighted by Crippen LogP contribution is 2.35. The molecule has 0 amide bonds. The van der Waals surface area contributed by atoms with Gasteiger partial charge in [-0.2, -0.15) is 0 Å². The summed E-state index contributed by atoms with van der Waals surface area (Å²) in [7, 11) is 0. The fourth-order valence-electron chi connectivity index (χ4n) is 2.77. The topological polar surface area (TPSA) is 44.7 Å². The first-order chi connectivity index (χ1) is 10.9. The first kappa shape index (κ1) is 18.3. The van der Waals surface area contributed by atoms with E-state index in [4.69, 9.17) is 16.7 Å². The Bertz CT molecular complexity index is 508. The molecule has 1 fully saturated rings.